The molecule has 3 aromatic rings. The number of ether oxygens (including phenoxy) is 1. The first kappa shape index (κ1) is 21.2. The van der Waals surface area contributed by atoms with E-state index < -0.39 is 6.09 Å². The van der Waals surface area contributed by atoms with Gasteiger partial charge in [0.25, 0.3) is 5.88 Å². The van der Waals surface area contributed by atoms with Gasteiger partial charge in [0, 0.05) is 37.7 Å². The van der Waals surface area contributed by atoms with Crippen molar-refractivity contribution in [1.29, 1.82) is 0 Å². The molecular weight excluding hydrogens is 410 g/mol. The normalized spacial score (nSPS) is 14.8. The van der Waals surface area contributed by atoms with Crippen molar-refractivity contribution in [3.05, 3.63) is 77.9 Å². The molecule has 9 heteroatoms. The molecule has 9 nitrogen and oxygen atoms in total. The molecule has 1 aliphatic heterocycles. The maximum absolute atomic E-state index is 11.1. The molecule has 32 heavy (non-hydrogen) atoms. The molecule has 1 N–H and O–H groups in total. The van der Waals surface area contributed by atoms with E-state index in [1.165, 1.54) is 11.2 Å². The largest absolute Gasteiger partial charge is 0.474 e. The number of hydrogen-bond acceptors (Lipinski definition) is 7. The average Bonchev–Trinajstić information content (AvgIpc) is 2.83. The number of nitrogens with zero attached hydrogens (tertiary/aromatic N) is 5. The second-order valence-electron chi connectivity index (χ2n) is 7.31. The van der Waals surface area contributed by atoms with Crippen LogP contribution in [-0.2, 0) is 0 Å². The minimum atomic E-state index is -0.905. The third-order valence-corrected chi connectivity index (χ3v) is 5.16. The summed E-state index contributed by atoms with van der Waals surface area (Å²) in [6, 6.07) is 15.2. The fourth-order valence-electron chi connectivity index (χ4n) is 3.39. The summed E-state index contributed by atoms with van der Waals surface area (Å²) in [5.41, 5.74) is 2.73. The van der Waals surface area contributed by atoms with Crippen LogP contribution >= 0.6 is 0 Å². The number of carboxylic acid groups (broad SMARTS) is 1. The van der Waals surface area contributed by atoms with Crippen LogP contribution in [0.1, 0.15) is 29.7 Å². The maximum Gasteiger partial charge on any atom is 0.407 e. The Kier molecular flexibility index (Phi) is 6.54. The van der Waals surface area contributed by atoms with E-state index >= 15 is 0 Å². The van der Waals surface area contributed by atoms with Gasteiger partial charge in [-0.1, -0.05) is 41.6 Å². The number of hydrogen-bond donors (Lipinski definition) is 1. The second-order valence-corrected chi connectivity index (χ2v) is 7.31. The molecular formula is C23H23N5O4. The SMILES string of the molecule is Cc1c(O/N=C(/c2ccccc2)c2ccccn2)ncnc1OC1CCN(C(=O)O)CC1. The van der Waals surface area contributed by atoms with Gasteiger partial charge in [-0.2, -0.15) is 4.98 Å². The van der Waals surface area contributed by atoms with Crippen LogP contribution in [0.3, 0.4) is 0 Å². The fourth-order valence-corrected chi connectivity index (χ4v) is 3.39. The standard InChI is InChI=1S/C23H23N5O4/c1-16-21(31-18-10-13-28(14-11-18)23(29)30)25-15-26-22(16)32-27-20(17-7-3-2-4-8-17)19-9-5-6-12-24-19/h2-9,12,15,18H,10-11,13-14H2,1H3,(H,29,30)/b27-20-. The van der Waals surface area contributed by atoms with E-state index in [-0.39, 0.29) is 12.0 Å². The highest BCUT2D eigenvalue weighted by atomic mass is 16.6. The third kappa shape index (κ3) is 5.00. The number of aromatic nitrogens is 3. The summed E-state index contributed by atoms with van der Waals surface area (Å²) in [6.07, 6.45) is 3.24. The lowest BCUT2D eigenvalue weighted by molar-refractivity contribution is 0.0863. The highest BCUT2D eigenvalue weighted by Crippen LogP contribution is 2.26. The van der Waals surface area contributed by atoms with Crippen molar-refractivity contribution >= 4 is 11.8 Å². The maximum atomic E-state index is 11.1. The van der Waals surface area contributed by atoms with Crippen molar-refractivity contribution in [1.82, 2.24) is 19.9 Å². The number of benzene rings is 1. The van der Waals surface area contributed by atoms with E-state index in [1.807, 2.05) is 48.5 Å². The van der Waals surface area contributed by atoms with Crippen molar-refractivity contribution in [2.24, 2.45) is 5.16 Å². The van der Waals surface area contributed by atoms with Gasteiger partial charge in [-0.05, 0) is 19.1 Å². The molecule has 164 valence electrons. The Morgan fingerprint density at radius 3 is 2.44 bits per heavy atom. The molecule has 1 fully saturated rings. The van der Waals surface area contributed by atoms with Crippen LogP contribution in [0.5, 0.6) is 11.8 Å². The van der Waals surface area contributed by atoms with Crippen molar-refractivity contribution in [2.75, 3.05) is 13.1 Å². The summed E-state index contributed by atoms with van der Waals surface area (Å²) >= 11 is 0. The molecule has 0 aliphatic carbocycles. The predicted molar refractivity (Wildman–Crippen MR) is 117 cm³/mol. The Hall–Kier alpha value is -4.01. The Morgan fingerprint density at radius 1 is 1.03 bits per heavy atom. The number of pyridine rings is 1. The monoisotopic (exact) mass is 433 g/mol. The number of oxime groups is 1. The molecule has 0 radical (unpaired) electrons. The van der Waals surface area contributed by atoms with Gasteiger partial charge in [0.1, 0.15) is 18.1 Å². The Bertz CT molecular complexity index is 1040. The van der Waals surface area contributed by atoms with Crippen LogP contribution in [0.4, 0.5) is 4.79 Å². The molecule has 0 unspecified atom stereocenters. The van der Waals surface area contributed by atoms with Crippen LogP contribution in [-0.4, -0.2) is 56.0 Å². The van der Waals surface area contributed by atoms with Gasteiger partial charge >= 0.3 is 6.09 Å². The van der Waals surface area contributed by atoms with Crippen LogP contribution < -0.4 is 9.57 Å². The number of piperidine rings is 1. The Labute approximate surface area is 185 Å². The van der Waals surface area contributed by atoms with Crippen LogP contribution in [0.25, 0.3) is 0 Å². The molecule has 1 saturated heterocycles. The molecule has 1 aliphatic rings. The zero-order chi connectivity index (χ0) is 22.3. The van der Waals surface area contributed by atoms with Gasteiger partial charge in [-0.15, -0.1) is 0 Å². The van der Waals surface area contributed by atoms with Gasteiger partial charge in [0.2, 0.25) is 5.88 Å². The quantitative estimate of drug-likeness (QED) is 0.468. The number of carbonyl (C=O) groups is 1. The highest BCUT2D eigenvalue weighted by molar-refractivity contribution is 6.11. The summed E-state index contributed by atoms with van der Waals surface area (Å²) in [4.78, 5) is 31.0. The van der Waals surface area contributed by atoms with E-state index in [4.69, 9.17) is 14.7 Å². The first-order valence-corrected chi connectivity index (χ1v) is 10.3. The second kappa shape index (κ2) is 9.86. The van der Waals surface area contributed by atoms with Crippen molar-refractivity contribution in [2.45, 2.75) is 25.9 Å². The number of rotatable bonds is 6. The summed E-state index contributed by atoms with van der Waals surface area (Å²) in [5.74, 6) is 0.681. The van der Waals surface area contributed by atoms with Crippen molar-refractivity contribution in [3.63, 3.8) is 0 Å². The topological polar surface area (TPSA) is 110 Å². The minimum absolute atomic E-state index is 0.121. The number of amides is 1. The van der Waals surface area contributed by atoms with Crippen molar-refractivity contribution in [3.8, 4) is 11.8 Å². The molecule has 0 saturated carbocycles. The molecule has 0 spiro atoms. The van der Waals surface area contributed by atoms with Crippen LogP contribution in [0.15, 0.2) is 66.2 Å². The third-order valence-electron chi connectivity index (χ3n) is 5.16. The molecule has 4 rings (SSSR count). The molecule has 1 amide bonds. The van der Waals surface area contributed by atoms with E-state index in [9.17, 15) is 4.79 Å². The smallest absolute Gasteiger partial charge is 0.407 e. The first-order valence-electron chi connectivity index (χ1n) is 10.3. The first-order chi connectivity index (χ1) is 15.6. The average molecular weight is 433 g/mol. The molecule has 2 aromatic heterocycles. The predicted octanol–water partition coefficient (Wildman–Crippen LogP) is 3.53. The van der Waals surface area contributed by atoms with Gasteiger partial charge in [-0.25, -0.2) is 9.78 Å². The zero-order valence-corrected chi connectivity index (χ0v) is 17.6. The van der Waals surface area contributed by atoms with E-state index in [2.05, 4.69) is 20.1 Å². The molecule has 0 bridgehead atoms. The Balaban J connectivity index is 1.52. The molecule has 1 aromatic carbocycles. The zero-order valence-electron chi connectivity index (χ0n) is 17.6. The Morgan fingerprint density at radius 2 is 1.75 bits per heavy atom. The lowest BCUT2D eigenvalue weighted by Crippen LogP contribution is -2.41. The lowest BCUT2D eigenvalue weighted by Gasteiger charge is -2.30. The summed E-state index contributed by atoms with van der Waals surface area (Å²) in [5, 5.41) is 13.4. The fraction of sp³-hybridized carbons (Fsp3) is 0.261. The van der Waals surface area contributed by atoms with Crippen molar-refractivity contribution < 1.29 is 19.5 Å². The summed E-state index contributed by atoms with van der Waals surface area (Å²) in [6.45, 7) is 2.67. The van der Waals surface area contributed by atoms with Crippen LogP contribution in [0, 0.1) is 6.92 Å². The van der Waals surface area contributed by atoms with Crippen LogP contribution in [0.2, 0.25) is 0 Å². The summed E-state index contributed by atoms with van der Waals surface area (Å²) < 4.78 is 6.02. The highest BCUT2D eigenvalue weighted by Gasteiger charge is 2.25. The minimum Gasteiger partial charge on any atom is -0.474 e. The molecule has 0 atom stereocenters. The number of likely N-dealkylation sites (tertiary alicyclic amines) is 1. The van der Waals surface area contributed by atoms with Gasteiger partial charge in [0.15, 0.2) is 0 Å². The van der Waals surface area contributed by atoms with E-state index in [1.54, 1.807) is 13.1 Å². The van der Waals surface area contributed by atoms with E-state index in [0.717, 1.165) is 5.56 Å². The van der Waals surface area contributed by atoms with Gasteiger partial charge in [0.05, 0.1) is 11.3 Å². The van der Waals surface area contributed by atoms with E-state index in [0.29, 0.717) is 48.8 Å². The molecule has 3 heterocycles. The van der Waals surface area contributed by atoms with Gasteiger partial charge in [-0.3, -0.25) is 4.98 Å². The lowest BCUT2D eigenvalue weighted by atomic mass is 10.1. The van der Waals surface area contributed by atoms with Gasteiger partial charge < -0.3 is 19.6 Å². The summed E-state index contributed by atoms with van der Waals surface area (Å²) in [7, 11) is 0.